The van der Waals surface area contributed by atoms with E-state index in [9.17, 15) is 19.5 Å². The van der Waals surface area contributed by atoms with Crippen LogP contribution in [-0.2, 0) is 0 Å². The molecule has 0 saturated carbocycles. The first-order chi connectivity index (χ1) is 11.5. The zero-order chi connectivity index (χ0) is 17.4. The molecule has 126 valence electrons. The van der Waals surface area contributed by atoms with Crippen molar-refractivity contribution in [2.75, 3.05) is 19.0 Å². The monoisotopic (exact) mass is 330 g/mol. The highest BCUT2D eigenvalue weighted by atomic mass is 16.5. The van der Waals surface area contributed by atoms with E-state index in [1.807, 2.05) is 6.92 Å². The predicted molar refractivity (Wildman–Crippen MR) is 89.0 cm³/mol. The summed E-state index contributed by atoms with van der Waals surface area (Å²) in [7, 11) is 1.29. The highest BCUT2D eigenvalue weighted by Crippen LogP contribution is 2.33. The Balaban J connectivity index is 1.91. The van der Waals surface area contributed by atoms with Crippen LogP contribution in [0, 0.1) is 0 Å². The number of aromatic hydroxyl groups is 1. The molecule has 2 aromatic carbocycles. The van der Waals surface area contributed by atoms with E-state index in [1.165, 1.54) is 19.2 Å². The summed E-state index contributed by atoms with van der Waals surface area (Å²) in [6, 6.07) is 4.79. The van der Waals surface area contributed by atoms with Crippen LogP contribution in [0.4, 0.5) is 11.4 Å². The van der Waals surface area contributed by atoms with E-state index in [0.717, 1.165) is 12.8 Å². The van der Waals surface area contributed by atoms with Crippen LogP contribution in [0.25, 0.3) is 0 Å². The predicted octanol–water partition coefficient (Wildman–Crippen LogP) is 1.36. The third-order valence-corrected chi connectivity index (χ3v) is 4.41. The van der Waals surface area contributed by atoms with Crippen molar-refractivity contribution in [1.29, 1.82) is 0 Å². The SMILES string of the molecule is COc1c(Nc2cccc(C(=O)N3CCC[C@H]3C)c2O)c(=O)c1=O. The zero-order valence-corrected chi connectivity index (χ0v) is 13.5. The van der Waals surface area contributed by atoms with Gasteiger partial charge in [0.25, 0.3) is 16.8 Å². The van der Waals surface area contributed by atoms with Crippen LogP contribution in [0.5, 0.6) is 11.5 Å². The lowest BCUT2D eigenvalue weighted by Crippen LogP contribution is -2.35. The van der Waals surface area contributed by atoms with Crippen LogP contribution in [0.15, 0.2) is 27.8 Å². The standard InChI is InChI=1S/C17H18N2O5/c1-9-5-4-8-19(9)17(23)10-6-3-7-11(13(10)20)18-12-14(21)15(22)16(12)24-2/h3,6-7,9,18,20H,4-5,8H2,1-2H3/t9-/m1/s1. The molecule has 1 atom stereocenters. The second-order valence-corrected chi connectivity index (χ2v) is 5.88. The quantitative estimate of drug-likeness (QED) is 0.649. The van der Waals surface area contributed by atoms with Gasteiger partial charge in [-0.2, -0.15) is 0 Å². The molecule has 2 N–H and O–H groups in total. The third kappa shape index (κ3) is 2.42. The summed E-state index contributed by atoms with van der Waals surface area (Å²) in [6.45, 7) is 2.63. The van der Waals surface area contributed by atoms with Gasteiger partial charge in [0.2, 0.25) is 0 Å². The molecule has 7 nitrogen and oxygen atoms in total. The Morgan fingerprint density at radius 2 is 2.08 bits per heavy atom. The molecule has 1 amide bonds. The fourth-order valence-corrected chi connectivity index (χ4v) is 3.02. The van der Waals surface area contributed by atoms with Crippen LogP contribution in [-0.4, -0.2) is 35.6 Å². The molecule has 7 heteroatoms. The number of phenols is 1. The minimum atomic E-state index is -0.712. The number of anilines is 2. The Bertz CT molecular complexity index is 866. The van der Waals surface area contributed by atoms with Crippen molar-refractivity contribution in [2.45, 2.75) is 25.8 Å². The number of amides is 1. The minimum absolute atomic E-state index is 0.0167. The van der Waals surface area contributed by atoms with Crippen LogP contribution in [0.3, 0.4) is 0 Å². The fraction of sp³-hybridized carbons (Fsp3) is 0.353. The molecule has 2 aromatic rings. The van der Waals surface area contributed by atoms with E-state index in [0.29, 0.717) is 6.54 Å². The van der Waals surface area contributed by atoms with Gasteiger partial charge in [0.05, 0.1) is 18.4 Å². The number of carbonyl (C=O) groups is 1. The molecule has 1 saturated heterocycles. The van der Waals surface area contributed by atoms with E-state index in [-0.39, 0.29) is 40.4 Å². The average molecular weight is 330 g/mol. The van der Waals surface area contributed by atoms with Gasteiger partial charge in [-0.05, 0) is 31.9 Å². The summed E-state index contributed by atoms with van der Waals surface area (Å²) < 4.78 is 4.86. The molecule has 3 rings (SSSR count). The second-order valence-electron chi connectivity index (χ2n) is 5.88. The minimum Gasteiger partial charge on any atom is -0.505 e. The number of benzene rings is 1. The molecule has 0 aromatic heterocycles. The van der Waals surface area contributed by atoms with E-state index in [1.54, 1.807) is 11.0 Å². The van der Waals surface area contributed by atoms with Gasteiger partial charge in [-0.3, -0.25) is 14.4 Å². The summed E-state index contributed by atoms with van der Waals surface area (Å²) in [5.41, 5.74) is -1.10. The first kappa shape index (κ1) is 16.0. The number of ether oxygens (including phenoxy) is 1. The fourth-order valence-electron chi connectivity index (χ4n) is 3.02. The summed E-state index contributed by atoms with van der Waals surface area (Å²) >= 11 is 0. The molecule has 1 aliphatic rings. The summed E-state index contributed by atoms with van der Waals surface area (Å²) in [4.78, 5) is 37.3. The Hall–Kier alpha value is -2.83. The highest BCUT2D eigenvalue weighted by Gasteiger charge is 2.29. The average Bonchev–Trinajstić information content (AvgIpc) is 3.01. The molecule has 0 bridgehead atoms. The lowest BCUT2D eigenvalue weighted by Gasteiger charge is -2.22. The molecular formula is C17H18N2O5. The Labute approximate surface area is 138 Å². The van der Waals surface area contributed by atoms with Gasteiger partial charge < -0.3 is 20.1 Å². The maximum absolute atomic E-state index is 12.6. The topological polar surface area (TPSA) is 95.9 Å². The largest absolute Gasteiger partial charge is 0.505 e. The Kier molecular flexibility index (Phi) is 4.01. The molecule has 0 spiro atoms. The maximum Gasteiger partial charge on any atom is 0.272 e. The van der Waals surface area contributed by atoms with Crippen molar-refractivity contribution in [1.82, 2.24) is 4.90 Å². The van der Waals surface area contributed by atoms with Gasteiger partial charge in [0.15, 0.2) is 11.5 Å². The van der Waals surface area contributed by atoms with Crippen molar-refractivity contribution >= 4 is 17.3 Å². The number of nitrogens with zero attached hydrogens (tertiary/aromatic N) is 1. The van der Waals surface area contributed by atoms with Gasteiger partial charge in [-0.1, -0.05) is 6.07 Å². The normalized spacial score (nSPS) is 17.2. The molecule has 1 fully saturated rings. The second kappa shape index (κ2) is 5.99. The summed E-state index contributed by atoms with van der Waals surface area (Å²) in [5, 5.41) is 13.1. The van der Waals surface area contributed by atoms with E-state index in [2.05, 4.69) is 5.32 Å². The summed E-state index contributed by atoms with van der Waals surface area (Å²) in [6.07, 6.45) is 1.87. The first-order valence-corrected chi connectivity index (χ1v) is 7.73. The lowest BCUT2D eigenvalue weighted by molar-refractivity contribution is 0.0744. The van der Waals surface area contributed by atoms with Crippen LogP contribution >= 0.6 is 0 Å². The van der Waals surface area contributed by atoms with Gasteiger partial charge in [0.1, 0.15) is 5.69 Å². The van der Waals surface area contributed by atoms with E-state index < -0.39 is 10.9 Å². The molecule has 0 unspecified atom stereocenters. The van der Waals surface area contributed by atoms with Crippen LogP contribution < -0.4 is 20.9 Å². The number of carbonyl (C=O) groups excluding carboxylic acids is 1. The number of hydrogen-bond acceptors (Lipinski definition) is 6. The molecule has 0 radical (unpaired) electrons. The van der Waals surface area contributed by atoms with Gasteiger partial charge in [-0.25, -0.2) is 0 Å². The van der Waals surface area contributed by atoms with E-state index >= 15 is 0 Å². The lowest BCUT2D eigenvalue weighted by atomic mass is 10.1. The zero-order valence-electron chi connectivity index (χ0n) is 13.5. The van der Waals surface area contributed by atoms with Crippen molar-refractivity contribution in [2.24, 2.45) is 0 Å². The number of rotatable bonds is 4. The molecule has 1 heterocycles. The van der Waals surface area contributed by atoms with Crippen molar-refractivity contribution < 1.29 is 14.6 Å². The van der Waals surface area contributed by atoms with Crippen molar-refractivity contribution in [3.05, 3.63) is 44.2 Å². The van der Waals surface area contributed by atoms with Crippen LogP contribution in [0.2, 0.25) is 0 Å². The number of methoxy groups -OCH3 is 1. The van der Waals surface area contributed by atoms with Gasteiger partial charge in [-0.15, -0.1) is 0 Å². The number of phenolic OH excluding ortho intramolecular Hbond substituents is 1. The number of nitrogens with one attached hydrogen (secondary N) is 1. The van der Waals surface area contributed by atoms with Gasteiger partial charge in [0, 0.05) is 12.6 Å². The highest BCUT2D eigenvalue weighted by molar-refractivity contribution is 5.99. The number of para-hydroxylation sites is 1. The molecular weight excluding hydrogens is 312 g/mol. The van der Waals surface area contributed by atoms with Crippen molar-refractivity contribution in [3.8, 4) is 11.5 Å². The number of likely N-dealkylation sites (tertiary alicyclic amines) is 1. The van der Waals surface area contributed by atoms with Gasteiger partial charge >= 0.3 is 0 Å². The smallest absolute Gasteiger partial charge is 0.272 e. The van der Waals surface area contributed by atoms with E-state index in [4.69, 9.17) is 4.74 Å². The Morgan fingerprint density at radius 3 is 2.71 bits per heavy atom. The molecule has 24 heavy (non-hydrogen) atoms. The maximum atomic E-state index is 12.6. The summed E-state index contributed by atoms with van der Waals surface area (Å²) in [5.74, 6) is -0.584. The molecule has 0 aliphatic carbocycles. The molecule has 1 aliphatic heterocycles. The van der Waals surface area contributed by atoms with Crippen LogP contribution in [0.1, 0.15) is 30.1 Å². The first-order valence-electron chi connectivity index (χ1n) is 7.73. The third-order valence-electron chi connectivity index (χ3n) is 4.41. The van der Waals surface area contributed by atoms with Crippen molar-refractivity contribution in [3.63, 3.8) is 0 Å². The number of hydrogen-bond donors (Lipinski definition) is 2. The Morgan fingerprint density at radius 1 is 1.33 bits per heavy atom.